The number of nitrogens with zero attached hydrogens (tertiary/aromatic N) is 4. The number of aromatic nitrogens is 2. The van der Waals surface area contributed by atoms with Gasteiger partial charge in [-0.05, 0) is 83.9 Å². The Morgan fingerprint density at radius 1 is 1.05 bits per heavy atom. The molecule has 0 fully saturated rings. The van der Waals surface area contributed by atoms with Crippen LogP contribution in [0.5, 0.6) is 0 Å². The van der Waals surface area contributed by atoms with Crippen LogP contribution in [-0.4, -0.2) is 34.2 Å². The number of imidazole rings is 1. The van der Waals surface area contributed by atoms with E-state index in [4.69, 9.17) is 27.6 Å². The fourth-order valence-electron chi connectivity index (χ4n) is 4.27. The average molecular weight is 689 g/mol. The fraction of sp³-hybridized carbons (Fsp3) is 0.138. The van der Waals surface area contributed by atoms with Gasteiger partial charge in [-0.3, -0.25) is 9.20 Å². The lowest BCUT2D eigenvalue weighted by atomic mass is 10.2. The van der Waals surface area contributed by atoms with E-state index < -0.39 is 15.9 Å². The summed E-state index contributed by atoms with van der Waals surface area (Å²) in [6.07, 6.45) is 3.09. The van der Waals surface area contributed by atoms with Crippen molar-refractivity contribution in [2.75, 3.05) is 0 Å². The first-order valence-corrected chi connectivity index (χ1v) is 15.6. The quantitative estimate of drug-likeness (QED) is 0.136. The first-order valence-electron chi connectivity index (χ1n) is 12.6. The lowest BCUT2D eigenvalue weighted by molar-refractivity contribution is 0.0948. The van der Waals surface area contributed by atoms with Crippen molar-refractivity contribution in [3.05, 3.63) is 121 Å². The zero-order valence-corrected chi connectivity index (χ0v) is 26.3. The van der Waals surface area contributed by atoms with Crippen molar-refractivity contribution in [1.29, 1.82) is 0 Å². The number of pyridine rings is 1. The van der Waals surface area contributed by atoms with E-state index in [1.165, 1.54) is 10.5 Å². The molecule has 0 atom stereocenters. The molecule has 0 aliphatic heterocycles. The number of benzene rings is 2. The van der Waals surface area contributed by atoms with Crippen LogP contribution in [-0.2, 0) is 23.1 Å². The molecule has 42 heavy (non-hydrogen) atoms. The Hall–Kier alpha value is -3.48. The number of sulfonamides is 1. The van der Waals surface area contributed by atoms with E-state index in [0.29, 0.717) is 44.2 Å². The van der Waals surface area contributed by atoms with Crippen molar-refractivity contribution in [3.8, 4) is 0 Å². The number of furan rings is 1. The van der Waals surface area contributed by atoms with Crippen LogP contribution in [0.1, 0.15) is 38.8 Å². The van der Waals surface area contributed by atoms with Crippen LogP contribution >= 0.6 is 39.1 Å². The molecule has 5 aromatic rings. The van der Waals surface area contributed by atoms with Crippen LogP contribution < -0.4 is 5.43 Å². The number of fused-ring (bicyclic) bond motifs is 1. The maximum absolute atomic E-state index is 13.7. The van der Waals surface area contributed by atoms with Crippen LogP contribution in [0.15, 0.2) is 91.8 Å². The number of hydrogen-bond donors (Lipinski definition) is 1. The van der Waals surface area contributed by atoms with Gasteiger partial charge in [0.1, 0.15) is 22.9 Å². The minimum absolute atomic E-state index is 0.0298. The summed E-state index contributed by atoms with van der Waals surface area (Å²) < 4.78 is 36.9. The van der Waals surface area contributed by atoms with Gasteiger partial charge < -0.3 is 4.42 Å². The summed E-state index contributed by atoms with van der Waals surface area (Å²) in [6.45, 7) is 3.59. The molecule has 0 aliphatic carbocycles. The van der Waals surface area contributed by atoms with Crippen molar-refractivity contribution < 1.29 is 17.6 Å². The number of carbonyl (C=O) groups is 1. The third kappa shape index (κ3) is 6.61. The minimum Gasteiger partial charge on any atom is -0.459 e. The molecule has 0 unspecified atom stereocenters. The van der Waals surface area contributed by atoms with Crippen LogP contribution in [0.25, 0.3) is 5.65 Å². The van der Waals surface area contributed by atoms with E-state index in [0.717, 1.165) is 10.0 Å². The Balaban J connectivity index is 1.34. The second-order valence-corrected chi connectivity index (χ2v) is 13.1. The Kier molecular flexibility index (Phi) is 8.86. The minimum atomic E-state index is -3.91. The molecule has 0 saturated carbocycles. The standard InChI is InChI=1S/C29H24BrCl2N5O4S/c1-18-3-9-24(10-4-18)42(39,40)36(15-20-5-11-25(31)26(32)13-20)17-23-8-7-22(41-23)14-33-35-29(38)28-19(2)34-27-12-6-21(30)16-37(27)28/h3-14,16H,15,17H2,1-2H3,(H,35,38)/b33-14+. The summed E-state index contributed by atoms with van der Waals surface area (Å²) in [4.78, 5) is 17.4. The number of hydrazone groups is 1. The number of amides is 1. The van der Waals surface area contributed by atoms with E-state index in [-0.39, 0.29) is 18.0 Å². The summed E-state index contributed by atoms with van der Waals surface area (Å²) >= 11 is 15.6. The molecule has 13 heteroatoms. The Labute approximate surface area is 260 Å². The first-order chi connectivity index (χ1) is 20.0. The van der Waals surface area contributed by atoms with Crippen LogP contribution in [0.3, 0.4) is 0 Å². The highest BCUT2D eigenvalue weighted by Crippen LogP contribution is 2.27. The summed E-state index contributed by atoms with van der Waals surface area (Å²) in [5.74, 6) is 0.254. The highest BCUT2D eigenvalue weighted by atomic mass is 79.9. The zero-order valence-electron chi connectivity index (χ0n) is 22.4. The molecule has 5 rings (SSSR count). The maximum Gasteiger partial charge on any atom is 0.290 e. The number of hydrogen-bond acceptors (Lipinski definition) is 6. The SMILES string of the molecule is Cc1ccc(S(=O)(=O)N(Cc2ccc(Cl)c(Cl)c2)Cc2ccc(/C=N/NC(=O)c3c(C)nc4ccc(Br)cn34)o2)cc1. The second kappa shape index (κ2) is 12.4. The molecule has 0 spiro atoms. The van der Waals surface area contributed by atoms with E-state index >= 15 is 0 Å². The van der Waals surface area contributed by atoms with Gasteiger partial charge >= 0.3 is 0 Å². The van der Waals surface area contributed by atoms with Gasteiger partial charge in [0, 0.05) is 17.2 Å². The molecule has 1 amide bonds. The molecule has 216 valence electrons. The first kappa shape index (κ1) is 30.0. The summed E-state index contributed by atoms with van der Waals surface area (Å²) in [5, 5.41) is 4.72. The van der Waals surface area contributed by atoms with Crippen molar-refractivity contribution in [2.24, 2.45) is 5.10 Å². The highest BCUT2D eigenvalue weighted by molar-refractivity contribution is 9.10. The lowest BCUT2D eigenvalue weighted by Gasteiger charge is -2.22. The lowest BCUT2D eigenvalue weighted by Crippen LogP contribution is -2.30. The molecule has 0 radical (unpaired) electrons. The smallest absolute Gasteiger partial charge is 0.290 e. The molecule has 0 saturated heterocycles. The van der Waals surface area contributed by atoms with Gasteiger partial charge in [0.05, 0.1) is 33.4 Å². The maximum atomic E-state index is 13.7. The van der Waals surface area contributed by atoms with Crippen molar-refractivity contribution in [1.82, 2.24) is 19.1 Å². The third-order valence-corrected chi connectivity index (χ3v) is 9.36. The van der Waals surface area contributed by atoms with Crippen LogP contribution in [0, 0.1) is 13.8 Å². The molecular formula is C29H24BrCl2N5O4S. The van der Waals surface area contributed by atoms with Gasteiger partial charge in [-0.1, -0.05) is 47.0 Å². The Morgan fingerprint density at radius 3 is 2.55 bits per heavy atom. The normalized spacial score (nSPS) is 12.0. The number of nitrogens with one attached hydrogen (secondary N) is 1. The van der Waals surface area contributed by atoms with Crippen LogP contribution in [0.2, 0.25) is 10.0 Å². The van der Waals surface area contributed by atoms with E-state index in [9.17, 15) is 13.2 Å². The van der Waals surface area contributed by atoms with E-state index in [1.54, 1.807) is 78.2 Å². The molecule has 2 aromatic carbocycles. The molecule has 1 N–H and O–H groups in total. The van der Waals surface area contributed by atoms with E-state index in [2.05, 4.69) is 31.4 Å². The van der Waals surface area contributed by atoms with Gasteiger partial charge in [-0.25, -0.2) is 18.8 Å². The average Bonchev–Trinajstić information content (AvgIpc) is 3.53. The zero-order chi connectivity index (χ0) is 30.0. The van der Waals surface area contributed by atoms with Crippen molar-refractivity contribution in [3.63, 3.8) is 0 Å². The number of aryl methyl sites for hydroxylation is 2. The molecular weight excluding hydrogens is 665 g/mol. The highest BCUT2D eigenvalue weighted by Gasteiger charge is 2.26. The van der Waals surface area contributed by atoms with Gasteiger partial charge in [-0.2, -0.15) is 9.41 Å². The third-order valence-electron chi connectivity index (χ3n) is 6.35. The Morgan fingerprint density at radius 2 is 1.81 bits per heavy atom. The number of rotatable bonds is 9. The van der Waals surface area contributed by atoms with E-state index in [1.807, 2.05) is 13.0 Å². The summed E-state index contributed by atoms with van der Waals surface area (Å²) in [6, 6.07) is 18.5. The fourth-order valence-corrected chi connectivity index (χ4v) is 6.32. The second-order valence-electron chi connectivity index (χ2n) is 9.46. The monoisotopic (exact) mass is 687 g/mol. The topological polar surface area (TPSA) is 109 Å². The van der Waals surface area contributed by atoms with Crippen molar-refractivity contribution in [2.45, 2.75) is 31.8 Å². The summed E-state index contributed by atoms with van der Waals surface area (Å²) in [5.41, 5.74) is 5.63. The van der Waals surface area contributed by atoms with Gasteiger partial charge in [0.2, 0.25) is 10.0 Å². The predicted molar refractivity (Wildman–Crippen MR) is 165 cm³/mol. The predicted octanol–water partition coefficient (Wildman–Crippen LogP) is 6.77. The molecule has 9 nitrogen and oxygen atoms in total. The van der Waals surface area contributed by atoms with Crippen molar-refractivity contribution >= 4 is 66.9 Å². The summed E-state index contributed by atoms with van der Waals surface area (Å²) in [7, 11) is -3.91. The molecule has 3 heterocycles. The van der Waals surface area contributed by atoms with Gasteiger partial charge in [0.15, 0.2) is 0 Å². The van der Waals surface area contributed by atoms with Gasteiger partial charge in [0.25, 0.3) is 5.91 Å². The molecule has 0 aliphatic rings. The molecule has 0 bridgehead atoms. The molecule has 3 aromatic heterocycles. The van der Waals surface area contributed by atoms with Gasteiger partial charge in [-0.15, -0.1) is 0 Å². The number of carbonyl (C=O) groups excluding carboxylic acids is 1. The largest absolute Gasteiger partial charge is 0.459 e. The van der Waals surface area contributed by atoms with Crippen LogP contribution in [0.4, 0.5) is 0 Å². The Bertz CT molecular complexity index is 1920. The number of halogens is 3.